The van der Waals surface area contributed by atoms with E-state index in [1.807, 2.05) is 18.2 Å². The number of rotatable bonds is 9. The molecule has 0 amide bonds. The van der Waals surface area contributed by atoms with Crippen molar-refractivity contribution in [1.82, 2.24) is 14.9 Å². The first-order valence-corrected chi connectivity index (χ1v) is 8.97. The van der Waals surface area contributed by atoms with E-state index >= 15 is 0 Å². The minimum atomic E-state index is 0.454. The smallest absolute Gasteiger partial charge is 0.216 e. The summed E-state index contributed by atoms with van der Waals surface area (Å²) < 4.78 is 13.4. The number of nitrogens with zero attached hydrogens (tertiary/aromatic N) is 3. The van der Waals surface area contributed by atoms with Gasteiger partial charge in [-0.3, -0.25) is 5.10 Å². The molecule has 0 spiro atoms. The Bertz CT molecular complexity index is 765. The van der Waals surface area contributed by atoms with Gasteiger partial charge in [-0.15, -0.1) is 0 Å². The molecule has 0 fully saturated rings. The second-order valence-corrected chi connectivity index (χ2v) is 6.61. The van der Waals surface area contributed by atoms with Gasteiger partial charge in [-0.25, -0.2) is 0 Å². The van der Waals surface area contributed by atoms with Crippen molar-refractivity contribution in [2.24, 2.45) is 11.0 Å². The van der Waals surface area contributed by atoms with E-state index < -0.39 is 0 Å². The lowest BCUT2D eigenvalue weighted by Crippen LogP contribution is -2.05. The van der Waals surface area contributed by atoms with E-state index in [9.17, 15) is 0 Å². The van der Waals surface area contributed by atoms with Gasteiger partial charge in [0.2, 0.25) is 4.77 Å². The van der Waals surface area contributed by atoms with E-state index in [2.05, 4.69) is 36.1 Å². The largest absolute Gasteiger partial charge is 0.493 e. The topological polar surface area (TPSA) is 64.4 Å². The molecule has 136 valence electrons. The van der Waals surface area contributed by atoms with Crippen LogP contribution in [0.25, 0.3) is 0 Å². The number of H-pyrrole nitrogens is 1. The number of methoxy groups -OCH3 is 1. The predicted octanol–water partition coefficient (Wildman–Crippen LogP) is 4.21. The van der Waals surface area contributed by atoms with E-state index in [1.54, 1.807) is 18.0 Å². The lowest BCUT2D eigenvalue weighted by molar-refractivity contribution is 0.257. The molecule has 1 aromatic carbocycles. The lowest BCUT2D eigenvalue weighted by atomic mass is 10.2. The van der Waals surface area contributed by atoms with Gasteiger partial charge in [0.1, 0.15) is 0 Å². The van der Waals surface area contributed by atoms with Crippen molar-refractivity contribution in [3.05, 3.63) is 34.4 Å². The SMILES string of the molecule is CCCCc1n[nH]c(=S)n1/N=C\c1ccc(OCC(C)C)c(OC)c1. The second-order valence-electron chi connectivity index (χ2n) is 6.22. The van der Waals surface area contributed by atoms with Crippen LogP contribution in [0, 0.1) is 10.7 Å². The Hall–Kier alpha value is -2.15. The number of unbranched alkanes of at least 4 members (excludes halogenated alkanes) is 1. The quantitative estimate of drug-likeness (QED) is 0.536. The van der Waals surface area contributed by atoms with E-state index in [4.69, 9.17) is 21.7 Å². The molecule has 0 saturated heterocycles. The molecule has 1 heterocycles. The fourth-order valence-electron chi connectivity index (χ4n) is 2.20. The first-order chi connectivity index (χ1) is 12.0. The van der Waals surface area contributed by atoms with Crippen molar-refractivity contribution >= 4 is 18.4 Å². The van der Waals surface area contributed by atoms with Crippen LogP contribution >= 0.6 is 12.2 Å². The summed E-state index contributed by atoms with van der Waals surface area (Å²) in [7, 11) is 1.63. The van der Waals surface area contributed by atoms with E-state index in [1.165, 1.54) is 0 Å². The summed E-state index contributed by atoms with van der Waals surface area (Å²) in [5.74, 6) is 2.71. The fourth-order valence-corrected chi connectivity index (χ4v) is 2.40. The predicted molar refractivity (Wildman–Crippen MR) is 102 cm³/mol. The van der Waals surface area contributed by atoms with Crippen LogP contribution in [0.4, 0.5) is 0 Å². The first-order valence-electron chi connectivity index (χ1n) is 8.56. The Kier molecular flexibility index (Phi) is 7.18. The highest BCUT2D eigenvalue weighted by atomic mass is 32.1. The summed E-state index contributed by atoms with van der Waals surface area (Å²) in [4.78, 5) is 0. The second kappa shape index (κ2) is 9.36. The Balaban J connectivity index is 2.18. The van der Waals surface area contributed by atoms with Crippen LogP contribution < -0.4 is 9.47 Å². The van der Waals surface area contributed by atoms with Crippen molar-refractivity contribution in [3.63, 3.8) is 0 Å². The summed E-state index contributed by atoms with van der Waals surface area (Å²) in [6.07, 6.45) is 4.73. The number of hydrogen-bond acceptors (Lipinski definition) is 5. The average molecular weight is 362 g/mol. The molecule has 0 radical (unpaired) electrons. The molecule has 1 aromatic heterocycles. The first kappa shape index (κ1) is 19.2. The number of aryl methyl sites for hydroxylation is 1. The Morgan fingerprint density at radius 1 is 1.36 bits per heavy atom. The van der Waals surface area contributed by atoms with Gasteiger partial charge in [-0.2, -0.15) is 14.9 Å². The van der Waals surface area contributed by atoms with Gasteiger partial charge in [0.05, 0.1) is 19.9 Å². The van der Waals surface area contributed by atoms with Crippen LogP contribution in [-0.4, -0.2) is 34.8 Å². The highest BCUT2D eigenvalue weighted by molar-refractivity contribution is 7.71. The fraction of sp³-hybridized carbons (Fsp3) is 0.500. The molecule has 25 heavy (non-hydrogen) atoms. The summed E-state index contributed by atoms with van der Waals surface area (Å²) in [5.41, 5.74) is 0.901. The van der Waals surface area contributed by atoms with Gasteiger partial charge in [-0.05, 0) is 48.3 Å². The van der Waals surface area contributed by atoms with Crippen LogP contribution in [-0.2, 0) is 6.42 Å². The monoisotopic (exact) mass is 362 g/mol. The van der Waals surface area contributed by atoms with Gasteiger partial charge in [0, 0.05) is 6.42 Å². The summed E-state index contributed by atoms with van der Waals surface area (Å²) >= 11 is 5.25. The van der Waals surface area contributed by atoms with Crippen LogP contribution in [0.3, 0.4) is 0 Å². The maximum atomic E-state index is 5.77. The van der Waals surface area contributed by atoms with Crippen LogP contribution in [0.2, 0.25) is 0 Å². The standard InChI is InChI=1S/C18H26N4O2S/c1-5-6-7-17-20-21-18(25)22(17)19-11-14-8-9-15(16(10-14)23-4)24-12-13(2)3/h8-11,13H,5-7,12H2,1-4H3,(H,21,25)/b19-11-. The highest BCUT2D eigenvalue weighted by Gasteiger charge is 2.07. The van der Waals surface area contributed by atoms with E-state index in [0.29, 0.717) is 23.0 Å². The van der Waals surface area contributed by atoms with Gasteiger partial charge >= 0.3 is 0 Å². The average Bonchev–Trinajstić information content (AvgIpc) is 2.96. The maximum absolute atomic E-state index is 5.77. The lowest BCUT2D eigenvalue weighted by Gasteiger charge is -2.12. The maximum Gasteiger partial charge on any atom is 0.216 e. The zero-order valence-electron chi connectivity index (χ0n) is 15.3. The summed E-state index contributed by atoms with van der Waals surface area (Å²) in [6, 6.07) is 5.74. The Morgan fingerprint density at radius 3 is 2.84 bits per heavy atom. The number of benzene rings is 1. The minimum Gasteiger partial charge on any atom is -0.493 e. The molecular weight excluding hydrogens is 336 g/mol. The van der Waals surface area contributed by atoms with Crippen molar-refractivity contribution in [1.29, 1.82) is 0 Å². The number of aromatic amines is 1. The van der Waals surface area contributed by atoms with Crippen molar-refractivity contribution in [2.75, 3.05) is 13.7 Å². The zero-order valence-corrected chi connectivity index (χ0v) is 16.1. The van der Waals surface area contributed by atoms with Crippen LogP contribution in [0.5, 0.6) is 11.5 Å². The molecular formula is C18H26N4O2S. The molecule has 1 N–H and O–H groups in total. The summed E-state index contributed by atoms with van der Waals surface area (Å²) in [5, 5.41) is 11.5. The number of nitrogens with one attached hydrogen (secondary N) is 1. The van der Waals surface area contributed by atoms with Gasteiger partial charge in [0.15, 0.2) is 17.3 Å². The van der Waals surface area contributed by atoms with E-state index in [-0.39, 0.29) is 0 Å². The number of aromatic nitrogens is 3. The van der Waals surface area contributed by atoms with Gasteiger partial charge in [-0.1, -0.05) is 27.2 Å². The molecule has 0 aliphatic rings. The third-order valence-corrected chi connectivity index (χ3v) is 3.82. The molecule has 7 heteroatoms. The molecule has 2 aromatic rings. The molecule has 0 aliphatic carbocycles. The Morgan fingerprint density at radius 2 is 2.16 bits per heavy atom. The molecule has 0 unspecified atom stereocenters. The third-order valence-electron chi connectivity index (χ3n) is 3.55. The highest BCUT2D eigenvalue weighted by Crippen LogP contribution is 2.28. The minimum absolute atomic E-state index is 0.454. The number of hydrogen-bond donors (Lipinski definition) is 1. The normalized spacial score (nSPS) is 11.4. The van der Waals surface area contributed by atoms with Gasteiger partial charge < -0.3 is 9.47 Å². The molecule has 0 saturated carbocycles. The van der Waals surface area contributed by atoms with Crippen molar-refractivity contribution in [2.45, 2.75) is 40.0 Å². The van der Waals surface area contributed by atoms with Crippen LogP contribution in [0.1, 0.15) is 45.0 Å². The number of ether oxygens (including phenoxy) is 2. The molecule has 0 aliphatic heterocycles. The Labute approximate surface area is 153 Å². The summed E-state index contributed by atoms with van der Waals surface area (Å²) in [6.45, 7) is 7.01. The van der Waals surface area contributed by atoms with Crippen LogP contribution in [0.15, 0.2) is 23.3 Å². The zero-order chi connectivity index (χ0) is 18.2. The molecule has 0 atom stereocenters. The van der Waals surface area contributed by atoms with Crippen molar-refractivity contribution in [3.8, 4) is 11.5 Å². The molecule has 0 bridgehead atoms. The van der Waals surface area contributed by atoms with E-state index in [0.717, 1.165) is 36.4 Å². The molecule has 2 rings (SSSR count). The van der Waals surface area contributed by atoms with Gasteiger partial charge in [0.25, 0.3) is 0 Å². The molecule has 6 nitrogen and oxygen atoms in total. The van der Waals surface area contributed by atoms with Crippen molar-refractivity contribution < 1.29 is 9.47 Å². The third kappa shape index (κ3) is 5.42.